The van der Waals surface area contributed by atoms with Crippen LogP contribution in [0.5, 0.6) is 0 Å². The van der Waals surface area contributed by atoms with Gasteiger partial charge in [0, 0.05) is 7.05 Å². The van der Waals surface area contributed by atoms with Gasteiger partial charge >= 0.3 is 0 Å². The highest BCUT2D eigenvalue weighted by Crippen LogP contribution is 2.31. The highest BCUT2D eigenvalue weighted by atomic mass is 32.1. The SMILES string of the molecule is Cc1cc(N)sc1-c1nncn1C. The second kappa shape index (κ2) is 2.85. The number of nitrogens with zero attached hydrogens (tertiary/aromatic N) is 3. The van der Waals surface area contributed by atoms with Crippen LogP contribution in [0.15, 0.2) is 12.4 Å². The van der Waals surface area contributed by atoms with Gasteiger partial charge in [-0.05, 0) is 18.6 Å². The van der Waals surface area contributed by atoms with Crippen LogP contribution in [0.1, 0.15) is 5.56 Å². The van der Waals surface area contributed by atoms with Crippen LogP contribution in [-0.2, 0) is 7.05 Å². The number of hydrogen-bond donors (Lipinski definition) is 1. The topological polar surface area (TPSA) is 56.7 Å². The standard InChI is InChI=1S/C8H10N4S/c1-5-3-6(9)13-7(5)8-11-10-4-12(8)2/h3-4H,9H2,1-2H3. The van der Waals surface area contributed by atoms with E-state index in [-0.39, 0.29) is 0 Å². The molecule has 0 radical (unpaired) electrons. The first kappa shape index (κ1) is 8.25. The molecule has 68 valence electrons. The van der Waals surface area contributed by atoms with Crippen molar-refractivity contribution in [1.29, 1.82) is 0 Å². The third-order valence-corrected chi connectivity index (χ3v) is 2.91. The molecule has 0 saturated heterocycles. The molecule has 0 saturated carbocycles. The number of rotatable bonds is 1. The van der Waals surface area contributed by atoms with Crippen LogP contribution >= 0.6 is 11.3 Å². The largest absolute Gasteiger partial charge is 0.391 e. The number of aromatic nitrogens is 3. The van der Waals surface area contributed by atoms with Crippen LogP contribution in [0.4, 0.5) is 5.00 Å². The van der Waals surface area contributed by atoms with Crippen LogP contribution < -0.4 is 5.73 Å². The Labute approximate surface area is 80.0 Å². The Kier molecular flexibility index (Phi) is 1.81. The molecule has 0 atom stereocenters. The average Bonchev–Trinajstić information content (AvgIpc) is 2.58. The normalized spacial score (nSPS) is 10.6. The average molecular weight is 194 g/mol. The van der Waals surface area contributed by atoms with Crippen LogP contribution in [-0.4, -0.2) is 14.8 Å². The Morgan fingerprint density at radius 2 is 2.31 bits per heavy atom. The zero-order chi connectivity index (χ0) is 9.42. The van der Waals surface area contributed by atoms with Gasteiger partial charge in [0.05, 0.1) is 9.88 Å². The molecule has 0 aliphatic carbocycles. The highest BCUT2D eigenvalue weighted by molar-refractivity contribution is 7.19. The van der Waals surface area contributed by atoms with E-state index in [2.05, 4.69) is 10.2 Å². The molecule has 0 unspecified atom stereocenters. The van der Waals surface area contributed by atoms with Crippen molar-refractivity contribution in [3.05, 3.63) is 18.0 Å². The number of hydrogen-bond acceptors (Lipinski definition) is 4. The van der Waals surface area contributed by atoms with Crippen LogP contribution in [0, 0.1) is 6.92 Å². The first-order chi connectivity index (χ1) is 6.18. The van der Waals surface area contributed by atoms with E-state index in [9.17, 15) is 0 Å². The van der Waals surface area contributed by atoms with Gasteiger partial charge in [0.25, 0.3) is 0 Å². The van der Waals surface area contributed by atoms with Gasteiger partial charge in [-0.1, -0.05) is 0 Å². The summed E-state index contributed by atoms with van der Waals surface area (Å²) in [5, 5.41) is 8.67. The second-order valence-electron chi connectivity index (χ2n) is 2.93. The lowest BCUT2D eigenvalue weighted by molar-refractivity contribution is 0.921. The fourth-order valence-electron chi connectivity index (χ4n) is 1.22. The summed E-state index contributed by atoms with van der Waals surface area (Å²) in [6.07, 6.45) is 1.69. The maximum Gasteiger partial charge on any atom is 0.173 e. The number of nitrogen functional groups attached to an aromatic ring is 1. The van der Waals surface area contributed by atoms with Crippen LogP contribution in [0.25, 0.3) is 10.7 Å². The first-order valence-corrected chi connectivity index (χ1v) is 4.70. The van der Waals surface area contributed by atoms with E-state index in [1.54, 1.807) is 17.7 Å². The lowest BCUT2D eigenvalue weighted by Gasteiger charge is -1.96. The van der Waals surface area contributed by atoms with Gasteiger partial charge in [0.2, 0.25) is 0 Å². The van der Waals surface area contributed by atoms with Gasteiger partial charge < -0.3 is 10.3 Å². The Bertz CT molecular complexity index is 429. The predicted octanol–water partition coefficient (Wildman–Crippen LogP) is 1.43. The monoisotopic (exact) mass is 194 g/mol. The van der Waals surface area contributed by atoms with E-state index in [0.717, 1.165) is 21.3 Å². The zero-order valence-electron chi connectivity index (χ0n) is 7.48. The van der Waals surface area contributed by atoms with Crippen molar-refractivity contribution < 1.29 is 0 Å². The molecule has 0 amide bonds. The molecule has 2 N–H and O–H groups in total. The van der Waals surface area contributed by atoms with Gasteiger partial charge in [0.1, 0.15) is 6.33 Å². The van der Waals surface area contributed by atoms with E-state index >= 15 is 0 Å². The summed E-state index contributed by atoms with van der Waals surface area (Å²) >= 11 is 1.54. The van der Waals surface area contributed by atoms with Crippen molar-refractivity contribution in [3.63, 3.8) is 0 Å². The van der Waals surface area contributed by atoms with Crippen LogP contribution in [0.3, 0.4) is 0 Å². The highest BCUT2D eigenvalue weighted by Gasteiger charge is 2.10. The van der Waals surface area contributed by atoms with Crippen molar-refractivity contribution >= 4 is 16.3 Å². The predicted molar refractivity (Wildman–Crippen MR) is 53.5 cm³/mol. The van der Waals surface area contributed by atoms with Crippen molar-refractivity contribution in [2.45, 2.75) is 6.92 Å². The Balaban J connectivity index is 2.58. The Morgan fingerprint density at radius 3 is 2.77 bits per heavy atom. The Morgan fingerprint density at radius 1 is 1.54 bits per heavy atom. The minimum atomic E-state index is 0.815. The quantitative estimate of drug-likeness (QED) is 0.747. The summed E-state index contributed by atoms with van der Waals surface area (Å²) in [6.45, 7) is 2.02. The molecule has 2 heterocycles. The number of thiophene rings is 1. The molecule has 13 heavy (non-hydrogen) atoms. The second-order valence-corrected chi connectivity index (χ2v) is 4.01. The van der Waals surface area contributed by atoms with Gasteiger partial charge in [-0.2, -0.15) is 0 Å². The molecular formula is C8H10N4S. The summed E-state index contributed by atoms with van der Waals surface area (Å²) in [4.78, 5) is 1.09. The molecule has 0 bridgehead atoms. The van der Waals surface area contributed by atoms with Crippen molar-refractivity contribution in [2.24, 2.45) is 7.05 Å². The number of aryl methyl sites for hydroxylation is 2. The molecule has 0 fully saturated rings. The minimum Gasteiger partial charge on any atom is -0.391 e. The summed E-state index contributed by atoms with van der Waals surface area (Å²) < 4.78 is 1.89. The summed E-state index contributed by atoms with van der Waals surface area (Å²) in [6, 6.07) is 1.95. The third-order valence-electron chi connectivity index (χ3n) is 1.85. The molecule has 0 spiro atoms. The molecule has 5 heteroatoms. The van der Waals surface area contributed by atoms with E-state index < -0.39 is 0 Å². The molecule has 0 aliphatic heterocycles. The van der Waals surface area contributed by atoms with Gasteiger partial charge in [-0.15, -0.1) is 21.5 Å². The lowest BCUT2D eigenvalue weighted by atomic mass is 10.3. The fourth-order valence-corrected chi connectivity index (χ4v) is 2.18. The molecular weight excluding hydrogens is 184 g/mol. The van der Waals surface area contributed by atoms with Gasteiger partial charge in [-0.3, -0.25) is 0 Å². The van der Waals surface area contributed by atoms with Gasteiger partial charge in [0.15, 0.2) is 5.82 Å². The third kappa shape index (κ3) is 1.31. The summed E-state index contributed by atoms with van der Waals surface area (Å²) in [7, 11) is 1.92. The molecule has 0 aromatic carbocycles. The van der Waals surface area contributed by atoms with Crippen LogP contribution in [0.2, 0.25) is 0 Å². The number of anilines is 1. The lowest BCUT2D eigenvalue weighted by Crippen LogP contribution is -1.89. The van der Waals surface area contributed by atoms with Gasteiger partial charge in [-0.25, -0.2) is 0 Å². The van der Waals surface area contributed by atoms with Crippen molar-refractivity contribution in [3.8, 4) is 10.7 Å². The first-order valence-electron chi connectivity index (χ1n) is 3.89. The number of nitrogens with two attached hydrogens (primary N) is 1. The molecule has 2 rings (SSSR count). The maximum absolute atomic E-state index is 5.70. The van der Waals surface area contributed by atoms with E-state index in [4.69, 9.17) is 5.73 Å². The van der Waals surface area contributed by atoms with Crippen molar-refractivity contribution in [1.82, 2.24) is 14.8 Å². The molecule has 4 nitrogen and oxygen atoms in total. The summed E-state index contributed by atoms with van der Waals surface area (Å²) in [5.74, 6) is 0.874. The zero-order valence-corrected chi connectivity index (χ0v) is 8.30. The Hall–Kier alpha value is -1.36. The molecule has 0 aliphatic rings. The smallest absolute Gasteiger partial charge is 0.173 e. The van der Waals surface area contributed by atoms with E-state index in [1.165, 1.54) is 0 Å². The van der Waals surface area contributed by atoms with E-state index in [0.29, 0.717) is 0 Å². The minimum absolute atomic E-state index is 0.815. The molecule has 2 aromatic heterocycles. The summed E-state index contributed by atoms with van der Waals surface area (Å²) in [5.41, 5.74) is 6.85. The molecule has 2 aromatic rings. The van der Waals surface area contributed by atoms with E-state index in [1.807, 2.05) is 24.6 Å². The van der Waals surface area contributed by atoms with Crippen molar-refractivity contribution in [2.75, 3.05) is 5.73 Å². The maximum atomic E-state index is 5.70. The fraction of sp³-hybridized carbons (Fsp3) is 0.250.